The van der Waals surface area contributed by atoms with Crippen molar-refractivity contribution in [3.8, 4) is 17.3 Å². The molecule has 3 N–H and O–H groups in total. The molecule has 0 spiro atoms. The Morgan fingerprint density at radius 3 is 2.43 bits per heavy atom. The van der Waals surface area contributed by atoms with Crippen LogP contribution in [-0.4, -0.2) is 46.9 Å². The third kappa shape index (κ3) is 4.00. The van der Waals surface area contributed by atoms with E-state index in [0.717, 1.165) is 12.4 Å². The van der Waals surface area contributed by atoms with Crippen LogP contribution in [0.1, 0.15) is 22.6 Å². The van der Waals surface area contributed by atoms with Crippen LogP contribution in [0.15, 0.2) is 24.8 Å². The fourth-order valence-corrected chi connectivity index (χ4v) is 1.99. The number of aryl methyl sites for hydroxylation is 1. The Bertz CT molecular complexity index is 1010. The van der Waals surface area contributed by atoms with Crippen molar-refractivity contribution >= 4 is 17.8 Å². The van der Waals surface area contributed by atoms with Crippen molar-refractivity contribution in [1.82, 2.24) is 34.9 Å². The summed E-state index contributed by atoms with van der Waals surface area (Å²) in [6.45, 7) is 0. The minimum absolute atomic E-state index is 0.0325. The number of hydrogen-bond acceptors (Lipinski definition) is 9. The van der Waals surface area contributed by atoms with Crippen LogP contribution in [0.25, 0.3) is 11.4 Å². The SMILES string of the molecule is Cn1nnc(-c2cnc(NC(=O)c3cnc(C(F)F)nc3)cn2)c1OC(N)=O. The number of hydrogen-bond donors (Lipinski definition) is 2. The van der Waals surface area contributed by atoms with Crippen molar-refractivity contribution in [2.45, 2.75) is 6.43 Å². The Labute approximate surface area is 154 Å². The average Bonchev–Trinajstić information content (AvgIpc) is 3.02. The van der Waals surface area contributed by atoms with Gasteiger partial charge in [0.05, 0.1) is 18.0 Å². The largest absolute Gasteiger partial charge is 0.411 e. The molecule has 0 aliphatic rings. The minimum atomic E-state index is -2.83. The van der Waals surface area contributed by atoms with Crippen LogP contribution < -0.4 is 15.8 Å². The second-order valence-corrected chi connectivity index (χ2v) is 5.16. The molecule has 14 heteroatoms. The zero-order valence-corrected chi connectivity index (χ0v) is 14.1. The fourth-order valence-electron chi connectivity index (χ4n) is 1.99. The molecule has 0 atom stereocenters. The lowest BCUT2D eigenvalue weighted by Gasteiger charge is -2.05. The second-order valence-electron chi connectivity index (χ2n) is 5.16. The lowest BCUT2D eigenvalue weighted by Crippen LogP contribution is -2.18. The summed E-state index contributed by atoms with van der Waals surface area (Å²) in [6, 6.07) is 0. The van der Waals surface area contributed by atoms with Crippen LogP contribution in [0.3, 0.4) is 0 Å². The summed E-state index contributed by atoms with van der Waals surface area (Å²) in [6.07, 6.45) is 0.523. The molecule has 3 aromatic rings. The number of nitrogens with two attached hydrogens (primary N) is 1. The summed E-state index contributed by atoms with van der Waals surface area (Å²) >= 11 is 0. The number of amides is 2. The van der Waals surface area contributed by atoms with E-state index in [1.807, 2.05) is 0 Å². The second kappa shape index (κ2) is 7.65. The maximum atomic E-state index is 12.4. The predicted octanol–water partition coefficient (Wildman–Crippen LogP) is 0.710. The van der Waals surface area contributed by atoms with Crippen LogP contribution in [-0.2, 0) is 7.05 Å². The molecular weight excluding hydrogens is 380 g/mol. The van der Waals surface area contributed by atoms with Crippen molar-refractivity contribution in [1.29, 1.82) is 0 Å². The molecule has 12 nitrogen and oxygen atoms in total. The van der Waals surface area contributed by atoms with E-state index in [-0.39, 0.29) is 28.6 Å². The summed E-state index contributed by atoms with van der Waals surface area (Å²) in [5.74, 6) is -1.32. The number of aromatic nitrogens is 7. The lowest BCUT2D eigenvalue weighted by molar-refractivity contribution is 0.102. The zero-order chi connectivity index (χ0) is 20.3. The van der Waals surface area contributed by atoms with Gasteiger partial charge in [0.15, 0.2) is 17.3 Å². The standard InChI is InChI=1S/C14H11F2N9O3/c1-25-13(28-14(17)27)9(23-24-25)7-4-19-8(5-18-7)22-12(26)6-2-20-11(10(15)16)21-3-6/h2-5,10H,1H3,(H2,17,27)(H,19,22,26). The third-order valence-corrected chi connectivity index (χ3v) is 3.24. The maximum absolute atomic E-state index is 12.4. The molecule has 144 valence electrons. The van der Waals surface area contributed by atoms with Crippen LogP contribution in [0, 0.1) is 0 Å². The maximum Gasteiger partial charge on any atom is 0.411 e. The molecule has 2 amide bonds. The Hall–Kier alpha value is -4.10. The Morgan fingerprint density at radius 2 is 1.86 bits per heavy atom. The van der Waals surface area contributed by atoms with Gasteiger partial charge in [0.1, 0.15) is 5.69 Å². The zero-order valence-electron chi connectivity index (χ0n) is 14.1. The van der Waals surface area contributed by atoms with E-state index in [1.54, 1.807) is 0 Å². The lowest BCUT2D eigenvalue weighted by atomic mass is 10.3. The summed E-state index contributed by atoms with van der Waals surface area (Å²) in [5, 5.41) is 9.93. The minimum Gasteiger partial charge on any atom is -0.389 e. The Morgan fingerprint density at radius 1 is 1.14 bits per heavy atom. The number of halogens is 2. The highest BCUT2D eigenvalue weighted by molar-refractivity contribution is 6.03. The van der Waals surface area contributed by atoms with Crippen LogP contribution >= 0.6 is 0 Å². The van der Waals surface area contributed by atoms with E-state index in [9.17, 15) is 18.4 Å². The Kier molecular flexibility index (Phi) is 5.10. The van der Waals surface area contributed by atoms with Crippen LogP contribution in [0.5, 0.6) is 5.88 Å². The number of nitrogens with one attached hydrogen (secondary N) is 1. The first kappa shape index (κ1) is 18.7. The van der Waals surface area contributed by atoms with Crippen molar-refractivity contribution in [3.05, 3.63) is 36.2 Å². The summed E-state index contributed by atoms with van der Waals surface area (Å²) in [4.78, 5) is 37.9. The monoisotopic (exact) mass is 391 g/mol. The van der Waals surface area contributed by atoms with Gasteiger partial charge >= 0.3 is 6.09 Å². The van der Waals surface area contributed by atoms with Crippen molar-refractivity contribution in [2.75, 3.05) is 5.32 Å². The molecule has 0 aromatic carbocycles. The number of primary amides is 1. The van der Waals surface area contributed by atoms with Gasteiger partial charge in [0.25, 0.3) is 18.2 Å². The van der Waals surface area contributed by atoms with Crippen molar-refractivity contribution < 1.29 is 23.1 Å². The molecule has 3 aromatic heterocycles. The highest BCUT2D eigenvalue weighted by Crippen LogP contribution is 2.25. The van der Waals surface area contributed by atoms with Crippen molar-refractivity contribution in [2.24, 2.45) is 12.8 Å². The van der Waals surface area contributed by atoms with E-state index < -0.39 is 24.3 Å². The quantitative estimate of drug-likeness (QED) is 0.637. The number of carbonyl (C=O) groups excluding carboxylic acids is 2. The number of carbonyl (C=O) groups is 2. The van der Waals surface area contributed by atoms with E-state index in [4.69, 9.17) is 10.5 Å². The van der Waals surface area contributed by atoms with Gasteiger partial charge < -0.3 is 15.8 Å². The normalized spacial score (nSPS) is 10.7. The Balaban J connectivity index is 1.74. The van der Waals surface area contributed by atoms with Gasteiger partial charge in [-0.3, -0.25) is 4.79 Å². The molecule has 0 bridgehead atoms. The topological polar surface area (TPSA) is 164 Å². The molecule has 0 aliphatic heterocycles. The molecule has 3 rings (SSSR count). The first-order valence-electron chi connectivity index (χ1n) is 7.46. The molecule has 0 saturated heterocycles. The first-order valence-corrected chi connectivity index (χ1v) is 7.46. The molecule has 0 radical (unpaired) electrons. The predicted molar refractivity (Wildman–Crippen MR) is 87.2 cm³/mol. The number of alkyl halides is 2. The number of anilines is 1. The van der Waals surface area contributed by atoms with E-state index in [1.165, 1.54) is 24.1 Å². The number of ether oxygens (including phenoxy) is 1. The van der Waals surface area contributed by atoms with E-state index in [0.29, 0.717) is 0 Å². The van der Waals surface area contributed by atoms with Gasteiger partial charge in [0.2, 0.25) is 0 Å². The molecule has 0 aliphatic carbocycles. The van der Waals surface area contributed by atoms with Crippen LogP contribution in [0.2, 0.25) is 0 Å². The van der Waals surface area contributed by atoms with Gasteiger partial charge in [-0.1, -0.05) is 5.21 Å². The van der Waals surface area contributed by atoms with Gasteiger partial charge in [-0.05, 0) is 0 Å². The van der Waals surface area contributed by atoms with E-state index in [2.05, 4.69) is 35.6 Å². The highest BCUT2D eigenvalue weighted by Gasteiger charge is 2.18. The van der Waals surface area contributed by atoms with Gasteiger partial charge in [-0.2, -0.15) is 0 Å². The van der Waals surface area contributed by atoms with Crippen LogP contribution in [0.4, 0.5) is 19.4 Å². The highest BCUT2D eigenvalue weighted by atomic mass is 19.3. The molecule has 3 heterocycles. The molecule has 0 fully saturated rings. The molecular formula is C14H11F2N9O3. The first-order chi connectivity index (χ1) is 13.3. The smallest absolute Gasteiger partial charge is 0.389 e. The third-order valence-electron chi connectivity index (χ3n) is 3.24. The fraction of sp³-hybridized carbons (Fsp3) is 0.143. The summed E-state index contributed by atoms with van der Waals surface area (Å²) < 4.78 is 30.9. The summed E-state index contributed by atoms with van der Waals surface area (Å²) in [5.41, 5.74) is 5.27. The van der Waals surface area contributed by atoms with E-state index >= 15 is 0 Å². The van der Waals surface area contributed by atoms with Gasteiger partial charge in [-0.15, -0.1) is 5.10 Å². The molecule has 0 saturated carbocycles. The average molecular weight is 391 g/mol. The number of nitrogens with zero attached hydrogens (tertiary/aromatic N) is 7. The molecule has 28 heavy (non-hydrogen) atoms. The van der Waals surface area contributed by atoms with Crippen molar-refractivity contribution in [3.63, 3.8) is 0 Å². The van der Waals surface area contributed by atoms with Gasteiger partial charge in [-0.25, -0.2) is 38.2 Å². The van der Waals surface area contributed by atoms with Gasteiger partial charge in [0, 0.05) is 19.4 Å². The summed E-state index contributed by atoms with van der Waals surface area (Å²) in [7, 11) is 1.48. The number of rotatable bonds is 5. The molecule has 0 unspecified atom stereocenters.